The molecule has 0 aliphatic carbocycles. The number of rotatable bonds is 5. The van der Waals surface area contributed by atoms with Gasteiger partial charge in [-0.15, -0.1) is 0 Å². The van der Waals surface area contributed by atoms with E-state index < -0.39 is 6.10 Å². The fraction of sp³-hybridized carbons (Fsp3) is 0.385. The van der Waals surface area contributed by atoms with Gasteiger partial charge in [-0.2, -0.15) is 5.10 Å². The van der Waals surface area contributed by atoms with Crippen LogP contribution in [-0.4, -0.2) is 19.9 Å². The molecule has 19 heavy (non-hydrogen) atoms. The van der Waals surface area contributed by atoms with E-state index in [0.29, 0.717) is 11.4 Å². The lowest BCUT2D eigenvalue weighted by atomic mass is 10.1. The molecule has 0 bridgehead atoms. The average molecular weight is 345 g/mol. The molecule has 0 radical (unpaired) electrons. The quantitative estimate of drug-likeness (QED) is 0.904. The number of aliphatic hydroxyl groups is 1. The van der Waals surface area contributed by atoms with E-state index in [9.17, 15) is 5.11 Å². The van der Waals surface area contributed by atoms with Crippen molar-refractivity contribution in [2.24, 2.45) is 0 Å². The topological polar surface area (TPSA) is 50.9 Å². The van der Waals surface area contributed by atoms with Crippen LogP contribution in [0.15, 0.2) is 29.0 Å². The van der Waals surface area contributed by atoms with E-state index in [1.807, 2.05) is 10.7 Å². The van der Waals surface area contributed by atoms with Crippen LogP contribution in [0.5, 0.6) is 0 Å². The number of aliphatic hydroxyl groups excluding tert-OH is 1. The van der Waals surface area contributed by atoms with Gasteiger partial charge in [-0.05, 0) is 30.2 Å². The van der Waals surface area contributed by atoms with Gasteiger partial charge in [0.05, 0.1) is 6.10 Å². The molecule has 6 heteroatoms. The lowest BCUT2D eigenvalue weighted by Gasteiger charge is -2.12. The summed E-state index contributed by atoms with van der Waals surface area (Å²) >= 11 is 9.35. The maximum absolute atomic E-state index is 10.3. The molecule has 0 saturated carbocycles. The van der Waals surface area contributed by atoms with E-state index in [1.165, 1.54) is 6.33 Å². The zero-order valence-corrected chi connectivity index (χ0v) is 12.9. The highest BCUT2D eigenvalue weighted by molar-refractivity contribution is 9.10. The second-order valence-electron chi connectivity index (χ2n) is 4.32. The highest BCUT2D eigenvalue weighted by atomic mass is 79.9. The third-order valence-corrected chi connectivity index (χ3v) is 3.45. The molecule has 0 saturated heterocycles. The Labute approximate surface area is 125 Å². The molecule has 1 aromatic carbocycles. The van der Waals surface area contributed by atoms with Crippen molar-refractivity contribution in [3.63, 3.8) is 0 Å². The molecular formula is C13H15BrClN3O. The molecular weight excluding hydrogens is 330 g/mol. The predicted octanol–water partition coefficient (Wildman–Crippen LogP) is 3.38. The summed E-state index contributed by atoms with van der Waals surface area (Å²) in [7, 11) is 0. The van der Waals surface area contributed by atoms with Gasteiger partial charge in [0, 0.05) is 22.5 Å². The maximum Gasteiger partial charge on any atom is 0.138 e. The van der Waals surface area contributed by atoms with Crippen molar-refractivity contribution < 1.29 is 5.11 Å². The van der Waals surface area contributed by atoms with Gasteiger partial charge < -0.3 is 5.11 Å². The number of nitrogens with zero attached hydrogens (tertiary/aromatic N) is 3. The highest BCUT2D eigenvalue weighted by Gasteiger charge is 2.14. The number of hydrogen-bond acceptors (Lipinski definition) is 3. The molecule has 0 spiro atoms. The van der Waals surface area contributed by atoms with Crippen LogP contribution in [0.2, 0.25) is 5.02 Å². The second-order valence-corrected chi connectivity index (χ2v) is 5.67. The van der Waals surface area contributed by atoms with Gasteiger partial charge in [-0.1, -0.05) is 34.5 Å². The van der Waals surface area contributed by atoms with Crippen LogP contribution in [-0.2, 0) is 13.0 Å². The summed E-state index contributed by atoms with van der Waals surface area (Å²) in [5, 5.41) is 15.0. The molecule has 1 heterocycles. The largest absolute Gasteiger partial charge is 0.388 e. The zero-order chi connectivity index (χ0) is 13.8. The fourth-order valence-corrected chi connectivity index (χ4v) is 2.79. The normalized spacial score (nSPS) is 12.6. The molecule has 4 nitrogen and oxygen atoms in total. The monoisotopic (exact) mass is 343 g/mol. The minimum Gasteiger partial charge on any atom is -0.388 e. The SMILES string of the molecule is CCCn1ncnc1CC(O)c1cc(Cl)cc(Br)c1. The lowest BCUT2D eigenvalue weighted by Crippen LogP contribution is -2.10. The van der Waals surface area contributed by atoms with Gasteiger partial charge in [0.25, 0.3) is 0 Å². The van der Waals surface area contributed by atoms with E-state index in [2.05, 4.69) is 32.9 Å². The molecule has 0 fully saturated rings. The van der Waals surface area contributed by atoms with Crippen molar-refractivity contribution in [3.8, 4) is 0 Å². The Kier molecular flexibility index (Phi) is 4.96. The molecule has 1 unspecified atom stereocenters. The predicted molar refractivity (Wildman–Crippen MR) is 78.1 cm³/mol. The first kappa shape index (κ1) is 14.5. The van der Waals surface area contributed by atoms with Gasteiger partial charge in [0.2, 0.25) is 0 Å². The van der Waals surface area contributed by atoms with E-state index in [-0.39, 0.29) is 0 Å². The first-order valence-electron chi connectivity index (χ1n) is 6.11. The molecule has 1 aromatic heterocycles. The zero-order valence-electron chi connectivity index (χ0n) is 10.6. The van der Waals surface area contributed by atoms with Gasteiger partial charge in [0.15, 0.2) is 0 Å². The molecule has 2 aromatic rings. The van der Waals surface area contributed by atoms with Crippen LogP contribution >= 0.6 is 27.5 Å². The minimum absolute atomic E-state index is 0.423. The summed E-state index contributed by atoms with van der Waals surface area (Å²) in [6, 6.07) is 5.41. The molecule has 0 amide bonds. The van der Waals surface area contributed by atoms with E-state index in [4.69, 9.17) is 11.6 Å². The lowest BCUT2D eigenvalue weighted by molar-refractivity contribution is 0.174. The summed E-state index contributed by atoms with van der Waals surface area (Å²) in [5.74, 6) is 0.783. The molecule has 0 aliphatic heterocycles. The van der Waals surface area contributed by atoms with Crippen molar-refractivity contribution in [1.82, 2.24) is 14.8 Å². The molecule has 1 N–H and O–H groups in total. The summed E-state index contributed by atoms with van der Waals surface area (Å²) in [5.41, 5.74) is 0.769. The fourth-order valence-electron chi connectivity index (χ4n) is 1.90. The maximum atomic E-state index is 10.3. The summed E-state index contributed by atoms with van der Waals surface area (Å²) < 4.78 is 2.67. The number of aryl methyl sites for hydroxylation is 1. The van der Waals surface area contributed by atoms with Gasteiger partial charge >= 0.3 is 0 Å². The first-order valence-corrected chi connectivity index (χ1v) is 7.28. The first-order chi connectivity index (χ1) is 9.10. The average Bonchev–Trinajstić information content (AvgIpc) is 2.76. The highest BCUT2D eigenvalue weighted by Crippen LogP contribution is 2.25. The Bertz CT molecular complexity index is 538. The Balaban J connectivity index is 2.15. The van der Waals surface area contributed by atoms with Crippen LogP contribution < -0.4 is 0 Å². The van der Waals surface area contributed by atoms with Crippen molar-refractivity contribution in [3.05, 3.63) is 45.4 Å². The third kappa shape index (κ3) is 3.78. The summed E-state index contributed by atoms with van der Waals surface area (Å²) in [6.07, 6.45) is 2.28. The van der Waals surface area contributed by atoms with Crippen molar-refractivity contribution in [2.75, 3.05) is 0 Å². The van der Waals surface area contributed by atoms with Crippen LogP contribution in [0.1, 0.15) is 30.8 Å². The van der Waals surface area contributed by atoms with Crippen LogP contribution in [0, 0.1) is 0 Å². The Morgan fingerprint density at radius 2 is 2.21 bits per heavy atom. The number of hydrogen-bond donors (Lipinski definition) is 1. The summed E-state index contributed by atoms with van der Waals surface area (Å²) in [4.78, 5) is 4.19. The number of halogens is 2. The van der Waals surface area contributed by atoms with Crippen LogP contribution in [0.4, 0.5) is 0 Å². The molecule has 2 rings (SSSR count). The van der Waals surface area contributed by atoms with E-state index in [0.717, 1.165) is 28.8 Å². The third-order valence-electron chi connectivity index (χ3n) is 2.78. The van der Waals surface area contributed by atoms with Crippen molar-refractivity contribution >= 4 is 27.5 Å². The molecule has 102 valence electrons. The van der Waals surface area contributed by atoms with Crippen molar-refractivity contribution in [1.29, 1.82) is 0 Å². The Hall–Kier alpha value is -0.910. The van der Waals surface area contributed by atoms with E-state index >= 15 is 0 Å². The number of benzene rings is 1. The standard InChI is InChI=1S/C13H15BrClN3O/c1-2-3-18-13(16-8-17-18)7-12(19)9-4-10(14)6-11(15)5-9/h4-6,8,12,19H,2-3,7H2,1H3. The van der Waals surface area contributed by atoms with Gasteiger partial charge in [-0.3, -0.25) is 4.68 Å². The Morgan fingerprint density at radius 1 is 1.42 bits per heavy atom. The second kappa shape index (κ2) is 6.50. The van der Waals surface area contributed by atoms with Gasteiger partial charge in [-0.25, -0.2) is 4.98 Å². The van der Waals surface area contributed by atoms with Crippen molar-refractivity contribution in [2.45, 2.75) is 32.4 Å². The van der Waals surface area contributed by atoms with Crippen LogP contribution in [0.3, 0.4) is 0 Å². The number of aromatic nitrogens is 3. The minimum atomic E-state index is -0.644. The summed E-state index contributed by atoms with van der Waals surface area (Å²) in [6.45, 7) is 2.89. The van der Waals surface area contributed by atoms with Gasteiger partial charge in [0.1, 0.15) is 12.2 Å². The molecule has 1 atom stereocenters. The smallest absolute Gasteiger partial charge is 0.138 e. The van der Waals surface area contributed by atoms with Crippen LogP contribution in [0.25, 0.3) is 0 Å². The Morgan fingerprint density at radius 3 is 2.89 bits per heavy atom. The van der Waals surface area contributed by atoms with E-state index in [1.54, 1.807) is 12.1 Å². The molecule has 0 aliphatic rings.